The Morgan fingerprint density at radius 1 is 0.967 bits per heavy atom. The van der Waals surface area contributed by atoms with Gasteiger partial charge in [0.15, 0.2) is 6.10 Å². The fourth-order valence-corrected chi connectivity index (χ4v) is 2.83. The molecule has 0 aliphatic rings. The number of aromatic nitrogens is 2. The summed E-state index contributed by atoms with van der Waals surface area (Å²) >= 11 is 0. The minimum Gasteiger partial charge on any atom is -0.481 e. The summed E-state index contributed by atoms with van der Waals surface area (Å²) in [6.07, 6.45) is -0.598. The van der Waals surface area contributed by atoms with Crippen LogP contribution in [0.25, 0.3) is 11.3 Å². The van der Waals surface area contributed by atoms with Crippen molar-refractivity contribution in [2.75, 3.05) is 13.2 Å². The first-order valence-corrected chi connectivity index (χ1v) is 9.97. The van der Waals surface area contributed by atoms with Gasteiger partial charge in [-0.25, -0.2) is 0 Å². The van der Waals surface area contributed by atoms with Gasteiger partial charge in [-0.3, -0.25) is 4.79 Å². The molecule has 6 nitrogen and oxygen atoms in total. The number of nitrogens with zero attached hydrogens (tertiary/aromatic N) is 2. The van der Waals surface area contributed by atoms with E-state index < -0.39 is 6.10 Å². The van der Waals surface area contributed by atoms with E-state index in [-0.39, 0.29) is 5.91 Å². The van der Waals surface area contributed by atoms with E-state index in [1.165, 1.54) is 5.56 Å². The van der Waals surface area contributed by atoms with E-state index in [4.69, 9.17) is 9.47 Å². The van der Waals surface area contributed by atoms with Gasteiger partial charge in [0.2, 0.25) is 5.88 Å². The normalized spacial score (nSPS) is 11.6. The maximum Gasteiger partial charge on any atom is 0.260 e. The van der Waals surface area contributed by atoms with Gasteiger partial charge in [-0.2, -0.15) is 0 Å². The monoisotopic (exact) mass is 405 g/mol. The lowest BCUT2D eigenvalue weighted by molar-refractivity contribution is -0.127. The Kier molecular flexibility index (Phi) is 7.01. The first-order chi connectivity index (χ1) is 14.4. The van der Waals surface area contributed by atoms with Crippen LogP contribution in [0.5, 0.6) is 11.6 Å². The van der Waals surface area contributed by atoms with Crippen LogP contribution in [-0.2, 0) is 4.79 Å². The summed E-state index contributed by atoms with van der Waals surface area (Å²) in [5, 5.41) is 11.1. The lowest BCUT2D eigenvalue weighted by Crippen LogP contribution is -2.38. The zero-order valence-corrected chi connectivity index (χ0v) is 17.8. The van der Waals surface area contributed by atoms with Crippen molar-refractivity contribution in [2.24, 2.45) is 0 Å². The van der Waals surface area contributed by atoms with Crippen LogP contribution in [-0.4, -0.2) is 35.4 Å². The van der Waals surface area contributed by atoms with Gasteiger partial charge in [-0.1, -0.05) is 42.0 Å². The second-order valence-corrected chi connectivity index (χ2v) is 7.29. The van der Waals surface area contributed by atoms with Gasteiger partial charge < -0.3 is 14.8 Å². The number of benzene rings is 2. The standard InChI is InChI=1S/C24H27N3O3/c1-16-6-9-20(10-7-16)21-11-12-23(27-26-21)29-14-13-25-24(28)19(4)30-22-15-17(2)5-8-18(22)3/h5-12,15,19H,13-14H2,1-4H3,(H,25,28). The molecule has 2 aromatic carbocycles. The van der Waals surface area contributed by atoms with Crippen LogP contribution >= 0.6 is 0 Å². The topological polar surface area (TPSA) is 73.3 Å². The van der Waals surface area contributed by atoms with Crippen LogP contribution < -0.4 is 14.8 Å². The highest BCUT2D eigenvalue weighted by atomic mass is 16.5. The molecular weight excluding hydrogens is 378 g/mol. The molecule has 0 saturated heterocycles. The van der Waals surface area contributed by atoms with E-state index in [2.05, 4.69) is 15.5 Å². The molecule has 0 spiro atoms. The highest BCUT2D eigenvalue weighted by molar-refractivity contribution is 5.80. The number of rotatable bonds is 8. The van der Waals surface area contributed by atoms with E-state index in [0.717, 1.165) is 28.1 Å². The van der Waals surface area contributed by atoms with Crippen LogP contribution in [0.1, 0.15) is 23.6 Å². The molecule has 6 heteroatoms. The Bertz CT molecular complexity index is 986. The molecule has 1 heterocycles. The highest BCUT2D eigenvalue weighted by Gasteiger charge is 2.15. The average Bonchev–Trinajstić information content (AvgIpc) is 2.74. The van der Waals surface area contributed by atoms with Gasteiger partial charge in [0.25, 0.3) is 5.91 Å². The third kappa shape index (κ3) is 5.80. The zero-order chi connectivity index (χ0) is 21.5. The zero-order valence-electron chi connectivity index (χ0n) is 17.8. The van der Waals surface area contributed by atoms with E-state index >= 15 is 0 Å². The summed E-state index contributed by atoms with van der Waals surface area (Å²) in [6.45, 7) is 8.36. The third-order valence-electron chi connectivity index (χ3n) is 4.66. The van der Waals surface area contributed by atoms with Crippen LogP contribution in [0, 0.1) is 20.8 Å². The molecule has 0 saturated carbocycles. The molecule has 1 atom stereocenters. The smallest absolute Gasteiger partial charge is 0.260 e. The molecule has 1 amide bonds. The predicted octanol–water partition coefficient (Wildman–Crippen LogP) is 4.03. The number of nitrogens with one attached hydrogen (secondary N) is 1. The van der Waals surface area contributed by atoms with Crippen molar-refractivity contribution < 1.29 is 14.3 Å². The molecule has 30 heavy (non-hydrogen) atoms. The summed E-state index contributed by atoms with van der Waals surface area (Å²) in [5.41, 5.74) is 5.07. The minimum absolute atomic E-state index is 0.194. The molecule has 0 radical (unpaired) electrons. The number of amides is 1. The molecular formula is C24H27N3O3. The Hall–Kier alpha value is -3.41. The maximum absolute atomic E-state index is 12.3. The summed E-state index contributed by atoms with van der Waals surface area (Å²) in [6, 6.07) is 17.7. The molecule has 156 valence electrons. The van der Waals surface area contributed by atoms with Gasteiger partial charge in [-0.05, 0) is 51.0 Å². The quantitative estimate of drug-likeness (QED) is 0.573. The van der Waals surface area contributed by atoms with Gasteiger partial charge in [0.05, 0.1) is 12.2 Å². The lowest BCUT2D eigenvalue weighted by Gasteiger charge is -2.16. The van der Waals surface area contributed by atoms with Crippen molar-refractivity contribution in [3.8, 4) is 22.9 Å². The Labute approximate surface area is 177 Å². The second-order valence-electron chi connectivity index (χ2n) is 7.29. The maximum atomic E-state index is 12.3. The van der Waals surface area contributed by atoms with Crippen molar-refractivity contribution in [3.05, 3.63) is 71.3 Å². The molecule has 0 bridgehead atoms. The Morgan fingerprint density at radius 2 is 1.70 bits per heavy atom. The molecule has 0 fully saturated rings. The molecule has 1 unspecified atom stereocenters. The number of hydrogen-bond acceptors (Lipinski definition) is 5. The summed E-state index contributed by atoms with van der Waals surface area (Å²) < 4.78 is 11.4. The Morgan fingerprint density at radius 3 is 2.40 bits per heavy atom. The summed E-state index contributed by atoms with van der Waals surface area (Å²) in [4.78, 5) is 12.3. The summed E-state index contributed by atoms with van der Waals surface area (Å²) in [5.74, 6) is 0.943. The first kappa shape index (κ1) is 21.3. The number of hydrogen-bond donors (Lipinski definition) is 1. The average molecular weight is 405 g/mol. The summed E-state index contributed by atoms with van der Waals surface area (Å²) in [7, 11) is 0. The van der Waals surface area contributed by atoms with E-state index in [1.807, 2.05) is 69.3 Å². The SMILES string of the molecule is Cc1ccc(-c2ccc(OCCNC(=O)C(C)Oc3cc(C)ccc3C)nn2)cc1. The van der Waals surface area contributed by atoms with Gasteiger partial charge in [-0.15, -0.1) is 10.2 Å². The third-order valence-corrected chi connectivity index (χ3v) is 4.66. The molecule has 3 rings (SSSR count). The van der Waals surface area contributed by atoms with Crippen LogP contribution in [0.15, 0.2) is 54.6 Å². The second kappa shape index (κ2) is 9.87. The molecule has 1 N–H and O–H groups in total. The van der Waals surface area contributed by atoms with Crippen LogP contribution in [0.2, 0.25) is 0 Å². The van der Waals surface area contributed by atoms with Crippen molar-refractivity contribution in [1.29, 1.82) is 0 Å². The van der Waals surface area contributed by atoms with E-state index in [9.17, 15) is 4.79 Å². The molecule has 0 aliphatic heterocycles. The largest absolute Gasteiger partial charge is 0.481 e. The van der Waals surface area contributed by atoms with E-state index in [0.29, 0.717) is 19.0 Å². The van der Waals surface area contributed by atoms with Crippen LogP contribution in [0.4, 0.5) is 0 Å². The van der Waals surface area contributed by atoms with E-state index in [1.54, 1.807) is 13.0 Å². The number of carbonyl (C=O) groups excluding carboxylic acids is 1. The van der Waals surface area contributed by atoms with Gasteiger partial charge in [0, 0.05) is 11.6 Å². The number of carbonyl (C=O) groups is 1. The fourth-order valence-electron chi connectivity index (χ4n) is 2.83. The molecule has 0 aliphatic carbocycles. The first-order valence-electron chi connectivity index (χ1n) is 9.97. The Balaban J connectivity index is 1.43. The van der Waals surface area contributed by atoms with Crippen molar-refractivity contribution in [1.82, 2.24) is 15.5 Å². The van der Waals surface area contributed by atoms with Crippen LogP contribution in [0.3, 0.4) is 0 Å². The molecule has 3 aromatic rings. The lowest BCUT2D eigenvalue weighted by atomic mass is 10.1. The fraction of sp³-hybridized carbons (Fsp3) is 0.292. The van der Waals surface area contributed by atoms with Crippen molar-refractivity contribution in [2.45, 2.75) is 33.8 Å². The number of aryl methyl sites for hydroxylation is 3. The highest BCUT2D eigenvalue weighted by Crippen LogP contribution is 2.20. The number of ether oxygens (including phenoxy) is 2. The van der Waals surface area contributed by atoms with Gasteiger partial charge in [0.1, 0.15) is 12.4 Å². The van der Waals surface area contributed by atoms with Crippen molar-refractivity contribution in [3.63, 3.8) is 0 Å². The molecule has 1 aromatic heterocycles. The minimum atomic E-state index is -0.598. The predicted molar refractivity (Wildman–Crippen MR) is 117 cm³/mol. The van der Waals surface area contributed by atoms with Gasteiger partial charge >= 0.3 is 0 Å². The van der Waals surface area contributed by atoms with Crippen molar-refractivity contribution >= 4 is 5.91 Å².